The van der Waals surface area contributed by atoms with E-state index in [1.54, 1.807) is 6.07 Å². The van der Waals surface area contributed by atoms with E-state index in [-0.39, 0.29) is 0 Å². The summed E-state index contributed by atoms with van der Waals surface area (Å²) >= 11 is 7.28. The van der Waals surface area contributed by atoms with Crippen LogP contribution in [0.3, 0.4) is 0 Å². The van der Waals surface area contributed by atoms with E-state index in [9.17, 15) is 4.39 Å². The molecule has 0 atom stereocenters. The number of nitrogens with zero attached hydrogens (tertiary/aromatic N) is 1. The molecule has 1 N–H and O–H groups in total. The third kappa shape index (κ3) is 2.96. The summed E-state index contributed by atoms with van der Waals surface area (Å²) in [5.41, 5.74) is 0.922. The number of nitrogens with one attached hydrogen (secondary N) is 1. The van der Waals surface area contributed by atoms with Crippen LogP contribution in [0.25, 0.3) is 0 Å². The first-order valence-electron chi connectivity index (χ1n) is 4.87. The van der Waals surface area contributed by atoms with Crippen molar-refractivity contribution in [3.8, 4) is 6.07 Å². The fourth-order valence-electron chi connectivity index (χ4n) is 1.39. The number of thiophene rings is 1. The van der Waals surface area contributed by atoms with Crippen LogP contribution in [-0.2, 0) is 6.54 Å². The maximum absolute atomic E-state index is 12.9. The molecule has 1 heterocycles. The van der Waals surface area contributed by atoms with Gasteiger partial charge in [-0.15, -0.1) is 11.3 Å². The zero-order valence-corrected chi connectivity index (χ0v) is 10.3. The third-order valence-electron chi connectivity index (χ3n) is 2.18. The van der Waals surface area contributed by atoms with E-state index in [0.29, 0.717) is 17.8 Å². The molecule has 0 radical (unpaired) electrons. The average molecular weight is 267 g/mol. The summed E-state index contributed by atoms with van der Waals surface area (Å²) in [6, 6.07) is 9.78. The Kier molecular flexibility index (Phi) is 3.62. The average Bonchev–Trinajstić information content (AvgIpc) is 2.73. The van der Waals surface area contributed by atoms with Gasteiger partial charge >= 0.3 is 0 Å². The highest BCUT2D eigenvalue weighted by molar-refractivity contribution is 7.16. The highest BCUT2D eigenvalue weighted by atomic mass is 35.5. The third-order valence-corrected chi connectivity index (χ3v) is 3.42. The van der Waals surface area contributed by atoms with E-state index < -0.39 is 5.82 Å². The van der Waals surface area contributed by atoms with Crippen LogP contribution in [0.5, 0.6) is 0 Å². The molecule has 1 aromatic heterocycles. The molecule has 2 aromatic rings. The van der Waals surface area contributed by atoms with Gasteiger partial charge in [-0.05, 0) is 30.3 Å². The lowest BCUT2D eigenvalue weighted by atomic mass is 10.2. The molecule has 2 rings (SSSR count). The Balaban J connectivity index is 2.12. The minimum atomic E-state index is -0.411. The summed E-state index contributed by atoms with van der Waals surface area (Å²) in [7, 11) is 0. The number of halogens is 2. The van der Waals surface area contributed by atoms with Crippen LogP contribution in [0.4, 0.5) is 10.1 Å². The highest BCUT2D eigenvalue weighted by Crippen LogP contribution is 2.23. The number of nitriles is 1. The predicted octanol–water partition coefficient (Wildman–Crippen LogP) is 4.02. The lowest BCUT2D eigenvalue weighted by molar-refractivity contribution is 0.627. The Bertz CT molecular complexity index is 574. The Morgan fingerprint density at radius 3 is 2.82 bits per heavy atom. The van der Waals surface area contributed by atoms with Crippen LogP contribution < -0.4 is 5.32 Å². The number of benzene rings is 1. The molecule has 0 fully saturated rings. The van der Waals surface area contributed by atoms with Crippen LogP contribution in [0.1, 0.15) is 10.4 Å². The minimum absolute atomic E-state index is 0.299. The topological polar surface area (TPSA) is 35.8 Å². The Labute approximate surface area is 107 Å². The fraction of sp³-hybridized carbons (Fsp3) is 0.0833. The summed E-state index contributed by atoms with van der Waals surface area (Å²) in [4.78, 5) is 1.06. The van der Waals surface area contributed by atoms with Crippen LogP contribution in [0, 0.1) is 17.1 Å². The van der Waals surface area contributed by atoms with Crippen LogP contribution in [0.15, 0.2) is 30.3 Å². The fourth-order valence-corrected chi connectivity index (χ4v) is 2.42. The zero-order valence-electron chi connectivity index (χ0n) is 8.71. The van der Waals surface area contributed by atoms with Gasteiger partial charge in [-0.2, -0.15) is 5.26 Å². The van der Waals surface area contributed by atoms with Crippen molar-refractivity contribution in [2.75, 3.05) is 5.32 Å². The molecule has 5 heteroatoms. The molecule has 86 valence electrons. The van der Waals surface area contributed by atoms with E-state index >= 15 is 0 Å². The van der Waals surface area contributed by atoms with Crippen LogP contribution >= 0.6 is 22.9 Å². The van der Waals surface area contributed by atoms with E-state index in [2.05, 4.69) is 5.32 Å². The van der Waals surface area contributed by atoms with Gasteiger partial charge in [-0.1, -0.05) is 11.6 Å². The Hall–Kier alpha value is -1.57. The molecule has 0 saturated carbocycles. The van der Waals surface area contributed by atoms with Crippen molar-refractivity contribution in [2.45, 2.75) is 6.54 Å². The lowest BCUT2D eigenvalue weighted by Crippen LogP contribution is -1.99. The van der Waals surface area contributed by atoms with E-state index in [0.717, 1.165) is 9.21 Å². The van der Waals surface area contributed by atoms with Crippen molar-refractivity contribution < 1.29 is 4.39 Å². The van der Waals surface area contributed by atoms with Crippen LogP contribution in [-0.4, -0.2) is 0 Å². The number of anilines is 1. The Morgan fingerprint density at radius 2 is 2.18 bits per heavy atom. The number of hydrogen-bond donors (Lipinski definition) is 1. The second kappa shape index (κ2) is 5.17. The van der Waals surface area contributed by atoms with Crippen molar-refractivity contribution in [1.82, 2.24) is 0 Å². The number of hydrogen-bond acceptors (Lipinski definition) is 3. The Morgan fingerprint density at radius 1 is 1.35 bits per heavy atom. The molecular formula is C12H8ClFN2S. The minimum Gasteiger partial charge on any atom is -0.379 e. The smallest absolute Gasteiger partial charge is 0.124 e. The van der Waals surface area contributed by atoms with Crippen molar-refractivity contribution in [2.24, 2.45) is 0 Å². The first-order valence-corrected chi connectivity index (χ1v) is 6.06. The maximum atomic E-state index is 12.9. The van der Waals surface area contributed by atoms with Gasteiger partial charge in [0.15, 0.2) is 0 Å². The maximum Gasteiger partial charge on any atom is 0.124 e. The van der Waals surface area contributed by atoms with Crippen molar-refractivity contribution in [3.63, 3.8) is 0 Å². The summed E-state index contributed by atoms with van der Waals surface area (Å²) in [6.07, 6.45) is 0. The lowest BCUT2D eigenvalue weighted by Gasteiger charge is -2.06. The predicted molar refractivity (Wildman–Crippen MR) is 67.8 cm³/mol. The molecule has 1 aromatic carbocycles. The summed E-state index contributed by atoms with van der Waals surface area (Å²) in [6.45, 7) is 0.567. The van der Waals surface area contributed by atoms with E-state index in [4.69, 9.17) is 16.9 Å². The summed E-state index contributed by atoms with van der Waals surface area (Å²) < 4.78 is 13.6. The molecule has 0 aliphatic carbocycles. The molecule has 0 unspecified atom stereocenters. The molecule has 0 saturated heterocycles. The van der Waals surface area contributed by atoms with Gasteiger partial charge < -0.3 is 5.32 Å². The van der Waals surface area contributed by atoms with Gasteiger partial charge in [0.05, 0.1) is 15.6 Å². The molecule has 2 nitrogen and oxygen atoms in total. The first-order chi connectivity index (χ1) is 8.19. The highest BCUT2D eigenvalue weighted by Gasteiger charge is 2.04. The van der Waals surface area contributed by atoms with Crippen LogP contribution in [0.2, 0.25) is 4.34 Å². The van der Waals surface area contributed by atoms with E-state index in [1.165, 1.54) is 23.5 Å². The monoisotopic (exact) mass is 266 g/mol. The summed E-state index contributed by atoms with van der Waals surface area (Å²) in [5.74, 6) is -0.411. The quantitative estimate of drug-likeness (QED) is 0.911. The van der Waals surface area contributed by atoms with Gasteiger partial charge in [-0.3, -0.25) is 0 Å². The molecular weight excluding hydrogens is 259 g/mol. The van der Waals surface area contributed by atoms with Crippen molar-refractivity contribution in [3.05, 3.63) is 50.9 Å². The van der Waals surface area contributed by atoms with Gasteiger partial charge in [0.2, 0.25) is 0 Å². The second-order valence-corrected chi connectivity index (χ2v) is 5.16. The molecule has 0 amide bonds. The molecule has 0 bridgehead atoms. The first kappa shape index (κ1) is 11.9. The molecule has 0 aliphatic heterocycles. The normalized spacial score (nSPS) is 9.94. The van der Waals surface area contributed by atoms with Gasteiger partial charge in [0.1, 0.15) is 11.9 Å². The largest absolute Gasteiger partial charge is 0.379 e. The zero-order chi connectivity index (χ0) is 12.3. The second-order valence-electron chi connectivity index (χ2n) is 3.36. The number of rotatable bonds is 3. The SMILES string of the molecule is N#Cc1cc(F)ccc1NCc1ccc(Cl)s1. The summed E-state index contributed by atoms with van der Waals surface area (Å²) in [5, 5.41) is 12.0. The molecule has 0 spiro atoms. The van der Waals surface area contributed by atoms with Gasteiger partial charge in [0, 0.05) is 11.4 Å². The molecule has 17 heavy (non-hydrogen) atoms. The van der Waals surface area contributed by atoms with E-state index in [1.807, 2.05) is 18.2 Å². The van der Waals surface area contributed by atoms with Gasteiger partial charge in [-0.25, -0.2) is 4.39 Å². The van der Waals surface area contributed by atoms with Crippen molar-refractivity contribution >= 4 is 28.6 Å². The standard InChI is InChI=1S/C12H8ClFN2S/c13-12-4-2-10(17-12)7-16-11-3-1-9(14)5-8(11)6-15/h1-5,16H,7H2. The molecule has 0 aliphatic rings. The van der Waals surface area contributed by atoms with Crippen molar-refractivity contribution in [1.29, 1.82) is 5.26 Å². The van der Waals surface area contributed by atoms with Gasteiger partial charge in [0.25, 0.3) is 0 Å².